The van der Waals surface area contributed by atoms with Crippen molar-refractivity contribution in [2.75, 3.05) is 49.8 Å². The van der Waals surface area contributed by atoms with Gasteiger partial charge in [0.2, 0.25) is 23.7 Å². The van der Waals surface area contributed by atoms with Crippen molar-refractivity contribution in [3.05, 3.63) is 102 Å². The van der Waals surface area contributed by atoms with Gasteiger partial charge in [0.05, 0.1) is 41.0 Å². The van der Waals surface area contributed by atoms with Crippen LogP contribution in [0, 0.1) is 5.82 Å². The van der Waals surface area contributed by atoms with Crippen LogP contribution in [-0.4, -0.2) is 94.2 Å². The van der Waals surface area contributed by atoms with E-state index in [1.165, 1.54) is 25.3 Å². The zero-order valence-corrected chi connectivity index (χ0v) is 31.8. The average molecular weight is 774 g/mol. The van der Waals surface area contributed by atoms with E-state index < -0.39 is 41.4 Å². The zero-order chi connectivity index (χ0) is 40.5. The highest BCUT2D eigenvalue weighted by Gasteiger charge is 2.46. The molecule has 57 heavy (non-hydrogen) atoms. The Morgan fingerprint density at radius 2 is 1.84 bits per heavy atom. The minimum Gasteiger partial charge on any atom is -0.494 e. The van der Waals surface area contributed by atoms with E-state index in [-0.39, 0.29) is 36.1 Å². The highest BCUT2D eigenvalue weighted by Crippen LogP contribution is 2.39. The van der Waals surface area contributed by atoms with E-state index in [0.717, 1.165) is 27.1 Å². The number of halogens is 1. The van der Waals surface area contributed by atoms with Gasteiger partial charge in [-0.2, -0.15) is 0 Å². The number of aromatic nitrogens is 3. The Morgan fingerprint density at radius 3 is 2.60 bits per heavy atom. The molecule has 15 nitrogen and oxygen atoms in total. The molecule has 16 heteroatoms. The second-order valence-electron chi connectivity index (χ2n) is 13.9. The van der Waals surface area contributed by atoms with Gasteiger partial charge in [-0.05, 0) is 43.8 Å². The van der Waals surface area contributed by atoms with Crippen molar-refractivity contribution in [1.82, 2.24) is 29.7 Å². The smallest absolute Gasteiger partial charge is 0.265 e. The van der Waals surface area contributed by atoms with Crippen molar-refractivity contribution in [3.8, 4) is 17.0 Å². The summed E-state index contributed by atoms with van der Waals surface area (Å²) in [5.74, 6) is -3.44. The van der Waals surface area contributed by atoms with Crippen LogP contribution in [0.1, 0.15) is 39.1 Å². The Balaban J connectivity index is 1.07. The Kier molecular flexibility index (Phi) is 10.5. The quantitative estimate of drug-likeness (QED) is 0.113. The number of likely N-dealkylation sites (N-methyl/N-ethyl adjacent to an activating group) is 2. The zero-order valence-electron chi connectivity index (χ0n) is 31.8. The molecule has 3 N–H and O–H groups in total. The second kappa shape index (κ2) is 15.7. The van der Waals surface area contributed by atoms with Crippen LogP contribution in [-0.2, 0) is 28.0 Å². The first-order valence-corrected chi connectivity index (χ1v) is 18.1. The molecule has 2 aliphatic heterocycles. The minimum atomic E-state index is -1.19. The summed E-state index contributed by atoms with van der Waals surface area (Å²) >= 11 is 0. The molecule has 0 saturated carbocycles. The number of fused-ring (bicyclic) bond motifs is 2. The Bertz CT molecular complexity index is 2480. The lowest BCUT2D eigenvalue weighted by atomic mass is 10.0. The number of amides is 5. The number of hydrogen-bond acceptors (Lipinski definition) is 11. The predicted molar refractivity (Wildman–Crippen MR) is 212 cm³/mol. The van der Waals surface area contributed by atoms with Gasteiger partial charge in [0.1, 0.15) is 17.6 Å². The molecular weight excluding hydrogens is 734 g/mol. The normalized spacial score (nSPS) is 15.2. The molecular formula is C41H40FN9O6. The van der Waals surface area contributed by atoms with Gasteiger partial charge in [0, 0.05) is 80.6 Å². The lowest BCUT2D eigenvalue weighted by Gasteiger charge is -2.27. The number of anilines is 4. The first-order chi connectivity index (χ1) is 27.4. The third-order valence-corrected chi connectivity index (χ3v) is 10.1. The third kappa shape index (κ3) is 7.41. The molecule has 3 aromatic carbocycles. The van der Waals surface area contributed by atoms with E-state index in [1.807, 2.05) is 65.0 Å². The van der Waals surface area contributed by atoms with E-state index >= 15 is 4.39 Å². The summed E-state index contributed by atoms with van der Waals surface area (Å²) in [4.78, 5) is 76.8. The summed E-state index contributed by atoms with van der Waals surface area (Å²) in [7, 11) is 7.12. The Hall–Kier alpha value is -6.94. The standard InChI is InChI=1S/C41H40FN9O6/c1-6-34(52)44-28-19-29(46-41-43-16-15-27(45-41)26-22-50(4)30-10-8-7-9-24(26)30)33(57-5)20-32(28)49(3)18-17-48(2)21-23-11-12-25-36(37(23)42)40(56)51(39(25)55)31-13-14-35(53)47-38(31)54/h6-12,15-16,19-20,22,31H,1,13-14,17-18,21H2,2-5H3,(H,44,52)(H,43,45,46)(H,47,53,54). The summed E-state index contributed by atoms with van der Waals surface area (Å²) in [6, 6.07) is 15.0. The summed E-state index contributed by atoms with van der Waals surface area (Å²) in [5, 5.41) is 9.31. The van der Waals surface area contributed by atoms with Gasteiger partial charge in [-0.1, -0.05) is 30.8 Å². The maximum Gasteiger partial charge on any atom is 0.265 e. The fraction of sp³-hybridized carbons (Fsp3) is 0.244. The number of methoxy groups -OCH3 is 1. The lowest BCUT2D eigenvalue weighted by molar-refractivity contribution is -0.136. The summed E-state index contributed by atoms with van der Waals surface area (Å²) < 4.78 is 23.7. The van der Waals surface area contributed by atoms with Gasteiger partial charge < -0.3 is 29.7 Å². The number of nitrogens with one attached hydrogen (secondary N) is 3. The number of imide groups is 2. The van der Waals surface area contributed by atoms with E-state index in [9.17, 15) is 24.0 Å². The van der Waals surface area contributed by atoms with E-state index in [4.69, 9.17) is 9.72 Å². The summed E-state index contributed by atoms with van der Waals surface area (Å²) in [5.41, 5.74) is 3.98. The highest BCUT2D eigenvalue weighted by atomic mass is 19.1. The largest absolute Gasteiger partial charge is 0.494 e. The molecule has 5 aromatic rings. The van der Waals surface area contributed by atoms with Crippen LogP contribution in [0.15, 0.2) is 79.6 Å². The molecule has 1 fully saturated rings. The first kappa shape index (κ1) is 38.3. The monoisotopic (exact) mass is 773 g/mol. The molecule has 2 aromatic heterocycles. The summed E-state index contributed by atoms with van der Waals surface area (Å²) in [6.45, 7) is 4.51. The van der Waals surface area contributed by atoms with Gasteiger partial charge in [0.15, 0.2) is 0 Å². The number of rotatable bonds is 13. The number of para-hydroxylation sites is 1. The average Bonchev–Trinajstić information content (AvgIpc) is 3.67. The SMILES string of the molecule is C=CC(=O)Nc1cc(Nc2nccc(-c3cn(C)c4ccccc34)n2)c(OC)cc1N(C)CCN(C)Cc1ccc2c(c1F)C(=O)N(C1CCC(=O)NC1=O)C2=O. The third-order valence-electron chi connectivity index (χ3n) is 10.1. The molecule has 0 aliphatic carbocycles. The summed E-state index contributed by atoms with van der Waals surface area (Å²) in [6.07, 6.45) is 4.79. The van der Waals surface area contributed by atoms with Crippen molar-refractivity contribution in [1.29, 1.82) is 0 Å². The Labute approximate surface area is 327 Å². The van der Waals surface area contributed by atoms with E-state index in [2.05, 4.69) is 27.5 Å². The van der Waals surface area contributed by atoms with Crippen LogP contribution in [0.5, 0.6) is 5.75 Å². The van der Waals surface area contributed by atoms with Crippen molar-refractivity contribution in [3.63, 3.8) is 0 Å². The van der Waals surface area contributed by atoms with Crippen LogP contribution in [0.2, 0.25) is 0 Å². The van der Waals surface area contributed by atoms with Crippen LogP contribution < -0.4 is 25.6 Å². The molecule has 7 rings (SSSR count). The van der Waals surface area contributed by atoms with Gasteiger partial charge in [-0.25, -0.2) is 14.4 Å². The maximum atomic E-state index is 15.9. The molecule has 0 bridgehead atoms. The molecule has 1 saturated heterocycles. The molecule has 0 spiro atoms. The number of carbonyl (C=O) groups is 5. The van der Waals surface area contributed by atoms with Crippen LogP contribution in [0.25, 0.3) is 22.2 Å². The number of hydrogen-bond donors (Lipinski definition) is 3. The second-order valence-corrected chi connectivity index (χ2v) is 13.9. The molecule has 1 atom stereocenters. The van der Waals surface area contributed by atoms with Crippen molar-refractivity contribution >= 4 is 63.4 Å². The van der Waals surface area contributed by atoms with E-state index in [1.54, 1.807) is 25.4 Å². The lowest BCUT2D eigenvalue weighted by Crippen LogP contribution is -2.54. The molecule has 2 aliphatic rings. The molecule has 292 valence electrons. The number of nitrogens with zero attached hydrogens (tertiary/aromatic N) is 6. The number of ether oxygens (including phenoxy) is 1. The predicted octanol–water partition coefficient (Wildman–Crippen LogP) is 4.62. The number of benzene rings is 3. The minimum absolute atomic E-state index is 0.0280. The van der Waals surface area contributed by atoms with Crippen molar-refractivity contribution in [2.45, 2.75) is 25.4 Å². The number of piperidine rings is 1. The number of aryl methyl sites for hydroxylation is 1. The van der Waals surface area contributed by atoms with Crippen LogP contribution in [0.3, 0.4) is 0 Å². The molecule has 5 amide bonds. The van der Waals surface area contributed by atoms with Crippen molar-refractivity contribution < 1.29 is 33.1 Å². The van der Waals surface area contributed by atoms with E-state index in [0.29, 0.717) is 41.8 Å². The topological polar surface area (TPSA) is 171 Å². The Morgan fingerprint density at radius 1 is 1.05 bits per heavy atom. The fourth-order valence-electron chi connectivity index (χ4n) is 7.16. The maximum absolute atomic E-state index is 15.9. The van der Waals surface area contributed by atoms with Gasteiger partial charge in [0.25, 0.3) is 11.8 Å². The van der Waals surface area contributed by atoms with Crippen LogP contribution in [0.4, 0.5) is 27.4 Å². The van der Waals surface area contributed by atoms with Crippen molar-refractivity contribution in [2.24, 2.45) is 7.05 Å². The number of carbonyl (C=O) groups excluding carboxylic acids is 5. The first-order valence-electron chi connectivity index (χ1n) is 18.1. The van der Waals surface area contributed by atoms with Gasteiger partial charge in [-0.15, -0.1) is 0 Å². The van der Waals surface area contributed by atoms with Crippen LogP contribution >= 0.6 is 0 Å². The van der Waals surface area contributed by atoms with Gasteiger partial charge >= 0.3 is 0 Å². The fourth-order valence-corrected chi connectivity index (χ4v) is 7.16. The highest BCUT2D eigenvalue weighted by molar-refractivity contribution is 6.23. The molecule has 1 unspecified atom stereocenters. The van der Waals surface area contributed by atoms with Gasteiger partial charge in [-0.3, -0.25) is 34.2 Å². The molecule has 4 heterocycles. The molecule has 0 radical (unpaired) electrons.